The normalized spacial score (nSPS) is 33.4. The number of carbonyl (C=O) groups excluding carboxylic acids is 1. The highest BCUT2D eigenvalue weighted by Gasteiger charge is 2.58. The standard InChI is InChI=1S/C23H26Cl2N2O/c24-19-5-1-3-11-22(19,17-7-13-26-14-8-17)21(28)23(12-4-2-6-20(23)25)18-9-15-27-16-10-18/h7-10,13-16,19-20H,1-6,11-12H2. The highest BCUT2D eigenvalue weighted by atomic mass is 35.5. The van der Waals surface area contributed by atoms with Gasteiger partial charge in [0.1, 0.15) is 0 Å². The van der Waals surface area contributed by atoms with Crippen molar-refractivity contribution in [2.45, 2.75) is 73.0 Å². The second kappa shape index (κ2) is 8.12. The van der Waals surface area contributed by atoms with Gasteiger partial charge in [0, 0.05) is 24.8 Å². The van der Waals surface area contributed by atoms with Crippen LogP contribution in [0.1, 0.15) is 62.5 Å². The summed E-state index contributed by atoms with van der Waals surface area (Å²) in [5, 5.41) is -0.471. The second-order valence-electron chi connectivity index (χ2n) is 8.17. The summed E-state index contributed by atoms with van der Waals surface area (Å²) in [7, 11) is 0. The lowest BCUT2D eigenvalue weighted by atomic mass is 9.55. The van der Waals surface area contributed by atoms with Crippen LogP contribution in [-0.2, 0) is 15.6 Å². The molecular weight excluding hydrogens is 391 g/mol. The van der Waals surface area contributed by atoms with Crippen molar-refractivity contribution >= 4 is 29.0 Å². The zero-order valence-corrected chi connectivity index (χ0v) is 17.5. The van der Waals surface area contributed by atoms with Crippen LogP contribution in [0.25, 0.3) is 0 Å². The van der Waals surface area contributed by atoms with E-state index < -0.39 is 10.8 Å². The molecule has 4 unspecified atom stereocenters. The van der Waals surface area contributed by atoms with E-state index in [0.29, 0.717) is 0 Å². The first-order valence-electron chi connectivity index (χ1n) is 10.3. The first-order valence-corrected chi connectivity index (χ1v) is 11.1. The molecule has 0 saturated heterocycles. The van der Waals surface area contributed by atoms with Crippen LogP contribution in [-0.4, -0.2) is 26.5 Å². The number of hydrogen-bond acceptors (Lipinski definition) is 3. The lowest BCUT2D eigenvalue weighted by molar-refractivity contribution is -0.132. The zero-order valence-electron chi connectivity index (χ0n) is 16.0. The van der Waals surface area contributed by atoms with Crippen LogP contribution in [0.2, 0.25) is 0 Å². The third-order valence-corrected chi connectivity index (χ3v) is 8.01. The predicted molar refractivity (Wildman–Crippen MR) is 113 cm³/mol. The molecule has 5 heteroatoms. The minimum atomic E-state index is -0.726. The Bertz CT molecular complexity index is 748. The Kier molecular flexibility index (Phi) is 5.76. The van der Waals surface area contributed by atoms with Crippen molar-refractivity contribution in [1.82, 2.24) is 9.97 Å². The van der Waals surface area contributed by atoms with Crippen LogP contribution >= 0.6 is 23.2 Å². The van der Waals surface area contributed by atoms with Crippen LogP contribution in [0, 0.1) is 0 Å². The fraction of sp³-hybridized carbons (Fsp3) is 0.522. The molecule has 0 N–H and O–H groups in total. The summed E-state index contributed by atoms with van der Waals surface area (Å²) in [6.07, 6.45) is 14.4. The van der Waals surface area contributed by atoms with Crippen LogP contribution in [0.15, 0.2) is 49.1 Å². The lowest BCUT2D eigenvalue weighted by Gasteiger charge is -2.50. The topological polar surface area (TPSA) is 42.9 Å². The van der Waals surface area contributed by atoms with Crippen LogP contribution in [0.4, 0.5) is 0 Å². The molecule has 0 aliphatic heterocycles. The Labute approximate surface area is 176 Å². The molecule has 3 nitrogen and oxygen atoms in total. The summed E-state index contributed by atoms with van der Waals surface area (Å²) in [6.45, 7) is 0. The van der Waals surface area contributed by atoms with Gasteiger partial charge in [-0.05, 0) is 61.1 Å². The van der Waals surface area contributed by atoms with Gasteiger partial charge in [0.2, 0.25) is 0 Å². The molecule has 148 valence electrons. The van der Waals surface area contributed by atoms with E-state index in [2.05, 4.69) is 9.97 Å². The number of aromatic nitrogens is 2. The Balaban J connectivity index is 1.91. The molecule has 2 heterocycles. The molecule has 28 heavy (non-hydrogen) atoms. The van der Waals surface area contributed by atoms with Crippen LogP contribution in [0.5, 0.6) is 0 Å². The molecule has 0 amide bonds. The van der Waals surface area contributed by atoms with E-state index in [1.165, 1.54) is 0 Å². The first kappa shape index (κ1) is 19.8. The van der Waals surface area contributed by atoms with Crippen molar-refractivity contribution in [3.8, 4) is 0 Å². The summed E-state index contributed by atoms with van der Waals surface area (Å²) in [6, 6.07) is 7.85. The number of rotatable bonds is 4. The second-order valence-corrected chi connectivity index (χ2v) is 9.22. The van der Waals surface area contributed by atoms with Crippen LogP contribution in [0.3, 0.4) is 0 Å². The molecule has 2 saturated carbocycles. The summed E-state index contributed by atoms with van der Waals surface area (Å²) >= 11 is 14.0. The summed E-state index contributed by atoms with van der Waals surface area (Å²) in [5.41, 5.74) is 0.512. The molecule has 2 aliphatic carbocycles. The van der Waals surface area contributed by atoms with E-state index in [1.807, 2.05) is 24.3 Å². The minimum Gasteiger partial charge on any atom is -0.298 e. The molecule has 0 aromatic carbocycles. The maximum Gasteiger partial charge on any atom is 0.156 e. The molecule has 0 spiro atoms. The average Bonchev–Trinajstić information content (AvgIpc) is 2.75. The Morgan fingerprint density at radius 3 is 1.50 bits per heavy atom. The molecule has 0 bridgehead atoms. The van der Waals surface area contributed by atoms with Gasteiger partial charge < -0.3 is 0 Å². The van der Waals surface area contributed by atoms with Crippen molar-refractivity contribution in [2.24, 2.45) is 0 Å². The van der Waals surface area contributed by atoms with E-state index in [4.69, 9.17) is 23.2 Å². The number of Topliss-reactive ketones (excluding diaryl/α,β-unsaturated/α-hetero) is 1. The van der Waals surface area contributed by atoms with Gasteiger partial charge in [-0.25, -0.2) is 0 Å². The Hall–Kier alpha value is -1.45. The van der Waals surface area contributed by atoms with Crippen LogP contribution < -0.4 is 0 Å². The van der Waals surface area contributed by atoms with Gasteiger partial charge >= 0.3 is 0 Å². The largest absolute Gasteiger partial charge is 0.298 e. The zero-order chi connectivity index (χ0) is 19.6. The number of nitrogens with zero attached hydrogens (tertiary/aromatic N) is 2. The monoisotopic (exact) mass is 416 g/mol. The molecule has 4 atom stereocenters. The van der Waals surface area contributed by atoms with Crippen molar-refractivity contribution in [3.05, 3.63) is 60.2 Å². The molecule has 4 rings (SSSR count). The van der Waals surface area contributed by atoms with Gasteiger partial charge in [0.05, 0.1) is 21.6 Å². The van der Waals surface area contributed by atoms with Gasteiger partial charge in [-0.1, -0.05) is 25.7 Å². The van der Waals surface area contributed by atoms with E-state index in [1.54, 1.807) is 24.8 Å². The van der Waals surface area contributed by atoms with Gasteiger partial charge in [-0.3, -0.25) is 14.8 Å². The molecule has 2 aliphatic rings. The fourth-order valence-corrected chi connectivity index (χ4v) is 6.36. The van der Waals surface area contributed by atoms with Crippen molar-refractivity contribution in [3.63, 3.8) is 0 Å². The third kappa shape index (κ3) is 3.07. The Morgan fingerprint density at radius 1 is 0.750 bits per heavy atom. The smallest absolute Gasteiger partial charge is 0.156 e. The number of pyridine rings is 2. The number of alkyl halides is 2. The maximum atomic E-state index is 14.6. The average molecular weight is 417 g/mol. The number of halogens is 2. The van der Waals surface area contributed by atoms with Gasteiger partial charge in [0.15, 0.2) is 5.78 Å². The molecule has 2 aromatic rings. The SMILES string of the molecule is O=C(C1(c2ccncc2)CCCCC1Cl)C1(c2ccncc2)CCCCC1Cl. The molecule has 0 radical (unpaired) electrons. The molecule has 2 fully saturated rings. The molecule has 2 aromatic heterocycles. The van der Waals surface area contributed by atoms with Gasteiger partial charge in [-0.15, -0.1) is 23.2 Å². The minimum absolute atomic E-state index is 0.191. The molecular formula is C23H26Cl2N2O. The van der Waals surface area contributed by atoms with Crippen molar-refractivity contribution in [1.29, 1.82) is 0 Å². The lowest BCUT2D eigenvalue weighted by Crippen LogP contribution is -2.59. The number of hydrogen-bond donors (Lipinski definition) is 0. The highest BCUT2D eigenvalue weighted by molar-refractivity contribution is 6.27. The third-order valence-electron chi connectivity index (χ3n) is 6.83. The van der Waals surface area contributed by atoms with E-state index in [9.17, 15) is 4.79 Å². The maximum absolute atomic E-state index is 14.6. The van der Waals surface area contributed by atoms with E-state index in [0.717, 1.165) is 62.5 Å². The van der Waals surface area contributed by atoms with E-state index in [-0.39, 0.29) is 16.5 Å². The fourth-order valence-electron chi connectivity index (χ4n) is 5.38. The van der Waals surface area contributed by atoms with Crippen molar-refractivity contribution < 1.29 is 4.79 Å². The number of ketones is 1. The predicted octanol–water partition coefficient (Wildman–Crippen LogP) is 5.58. The summed E-state index contributed by atoms with van der Waals surface area (Å²) in [4.78, 5) is 22.9. The van der Waals surface area contributed by atoms with Gasteiger partial charge in [-0.2, -0.15) is 0 Å². The van der Waals surface area contributed by atoms with Crippen molar-refractivity contribution in [2.75, 3.05) is 0 Å². The highest BCUT2D eigenvalue weighted by Crippen LogP contribution is 2.53. The van der Waals surface area contributed by atoms with E-state index >= 15 is 0 Å². The number of carbonyl (C=O) groups is 1. The quantitative estimate of drug-likeness (QED) is 0.610. The first-order chi connectivity index (χ1) is 13.6. The summed E-state index contributed by atoms with van der Waals surface area (Å²) in [5.74, 6) is 0.191. The summed E-state index contributed by atoms with van der Waals surface area (Å²) < 4.78 is 0. The Morgan fingerprint density at radius 2 is 1.14 bits per heavy atom. The van der Waals surface area contributed by atoms with Gasteiger partial charge in [0.25, 0.3) is 0 Å².